The molecule has 0 fully saturated rings. The third-order valence-corrected chi connectivity index (χ3v) is 6.70. The normalized spacial score (nSPS) is 14.3. The third kappa shape index (κ3) is 6.80. The molecule has 3 rings (SSSR count). The summed E-state index contributed by atoms with van der Waals surface area (Å²) < 4.78 is 11.2. The topological polar surface area (TPSA) is 67.9 Å². The van der Waals surface area contributed by atoms with Crippen LogP contribution in [0.3, 0.4) is 0 Å². The monoisotopic (exact) mass is 506 g/mol. The maximum Gasteiger partial charge on any atom is 0.243 e. The number of carbonyl (C=O) groups is 2. The largest absolute Gasteiger partial charge is 0.486 e. The highest BCUT2D eigenvalue weighted by Gasteiger charge is 2.29. The molecule has 2 atom stereocenters. The SMILES string of the molecule is CCC(C)NC(=O)C(CC)N(Cc1ccc(Cl)c(Cl)c1)C(=O)CCc1ccc2c(c1)OCCO2. The van der Waals surface area contributed by atoms with Crippen LogP contribution in [0.2, 0.25) is 10.0 Å². The standard InChI is InChI=1S/C26H32Cl2N2O4/c1-4-17(3)29-26(32)22(5-2)30(16-19-6-9-20(27)21(28)14-19)25(31)11-8-18-7-10-23-24(15-18)34-13-12-33-23/h6-7,9-10,14-15,17,22H,4-5,8,11-13,16H2,1-3H3,(H,29,32). The number of hydrogen-bond donors (Lipinski definition) is 1. The number of nitrogens with one attached hydrogen (secondary N) is 1. The van der Waals surface area contributed by atoms with Crippen molar-refractivity contribution in [2.24, 2.45) is 0 Å². The molecule has 2 aromatic rings. The molecule has 0 bridgehead atoms. The highest BCUT2D eigenvalue weighted by atomic mass is 35.5. The number of aryl methyl sites for hydroxylation is 1. The van der Waals surface area contributed by atoms with E-state index in [-0.39, 0.29) is 30.8 Å². The molecule has 0 spiro atoms. The first kappa shape index (κ1) is 26.2. The lowest BCUT2D eigenvalue weighted by Gasteiger charge is -2.31. The molecule has 6 nitrogen and oxygen atoms in total. The predicted octanol–water partition coefficient (Wildman–Crippen LogP) is 5.42. The Morgan fingerprint density at radius 1 is 0.971 bits per heavy atom. The number of ether oxygens (including phenoxy) is 2. The zero-order valence-electron chi connectivity index (χ0n) is 19.9. The van der Waals surface area contributed by atoms with E-state index >= 15 is 0 Å². The number of carbonyl (C=O) groups excluding carboxylic acids is 2. The molecular formula is C26H32Cl2N2O4. The van der Waals surface area contributed by atoms with Crippen LogP contribution in [0.1, 0.15) is 51.2 Å². The van der Waals surface area contributed by atoms with E-state index in [1.807, 2.05) is 45.0 Å². The maximum absolute atomic E-state index is 13.5. The van der Waals surface area contributed by atoms with Gasteiger partial charge < -0.3 is 19.7 Å². The molecule has 2 unspecified atom stereocenters. The first-order valence-electron chi connectivity index (χ1n) is 11.7. The Morgan fingerprint density at radius 3 is 2.35 bits per heavy atom. The number of benzene rings is 2. The van der Waals surface area contributed by atoms with Crippen molar-refractivity contribution < 1.29 is 19.1 Å². The van der Waals surface area contributed by atoms with Gasteiger partial charge in [0.05, 0.1) is 10.0 Å². The Balaban J connectivity index is 1.78. The summed E-state index contributed by atoms with van der Waals surface area (Å²) in [5, 5.41) is 3.88. The van der Waals surface area contributed by atoms with Gasteiger partial charge in [0.15, 0.2) is 11.5 Å². The number of halogens is 2. The Hall–Kier alpha value is -2.44. The Bertz CT molecular complexity index is 1010. The summed E-state index contributed by atoms with van der Waals surface area (Å²) in [4.78, 5) is 28.2. The van der Waals surface area contributed by atoms with E-state index in [9.17, 15) is 9.59 Å². The molecule has 1 aliphatic rings. The van der Waals surface area contributed by atoms with Crippen LogP contribution in [0, 0.1) is 0 Å². The summed E-state index contributed by atoms with van der Waals surface area (Å²) in [6.45, 7) is 7.19. The molecule has 0 saturated carbocycles. The molecule has 1 aliphatic heterocycles. The molecule has 0 radical (unpaired) electrons. The molecule has 8 heteroatoms. The second-order valence-corrected chi connectivity index (χ2v) is 9.30. The van der Waals surface area contributed by atoms with Crippen LogP contribution in [0.25, 0.3) is 0 Å². The number of hydrogen-bond acceptors (Lipinski definition) is 4. The molecule has 34 heavy (non-hydrogen) atoms. The van der Waals surface area contributed by atoms with Crippen LogP contribution in [0.4, 0.5) is 0 Å². The smallest absolute Gasteiger partial charge is 0.243 e. The van der Waals surface area contributed by atoms with E-state index in [2.05, 4.69) is 5.32 Å². The lowest BCUT2D eigenvalue weighted by molar-refractivity contribution is -0.141. The van der Waals surface area contributed by atoms with Gasteiger partial charge >= 0.3 is 0 Å². The van der Waals surface area contributed by atoms with Crippen LogP contribution in [0.15, 0.2) is 36.4 Å². The quantitative estimate of drug-likeness (QED) is 0.467. The summed E-state index contributed by atoms with van der Waals surface area (Å²) >= 11 is 12.3. The number of rotatable bonds is 10. The first-order valence-corrected chi connectivity index (χ1v) is 12.5. The van der Waals surface area contributed by atoms with E-state index in [0.29, 0.717) is 41.9 Å². The minimum Gasteiger partial charge on any atom is -0.486 e. The molecule has 2 amide bonds. The summed E-state index contributed by atoms with van der Waals surface area (Å²) in [7, 11) is 0. The van der Waals surface area contributed by atoms with Crippen molar-refractivity contribution in [3.05, 3.63) is 57.6 Å². The molecule has 2 aromatic carbocycles. The fourth-order valence-electron chi connectivity index (χ4n) is 3.83. The Morgan fingerprint density at radius 2 is 1.68 bits per heavy atom. The van der Waals surface area contributed by atoms with E-state index in [1.165, 1.54) is 0 Å². The van der Waals surface area contributed by atoms with Gasteiger partial charge in [-0.1, -0.05) is 49.2 Å². The number of nitrogens with zero attached hydrogens (tertiary/aromatic N) is 1. The molecule has 1 N–H and O–H groups in total. The van der Waals surface area contributed by atoms with Gasteiger partial charge in [0.25, 0.3) is 0 Å². The van der Waals surface area contributed by atoms with Gasteiger partial charge in [-0.3, -0.25) is 9.59 Å². The fourth-order valence-corrected chi connectivity index (χ4v) is 4.15. The molecule has 184 valence electrons. The van der Waals surface area contributed by atoms with Crippen molar-refractivity contribution in [3.63, 3.8) is 0 Å². The molecule has 0 saturated heterocycles. The Labute approximate surface area is 211 Å². The molecule has 0 aliphatic carbocycles. The highest BCUT2D eigenvalue weighted by molar-refractivity contribution is 6.42. The minimum atomic E-state index is -0.587. The van der Waals surface area contributed by atoms with Crippen molar-refractivity contribution in [2.45, 2.75) is 65.1 Å². The molecular weight excluding hydrogens is 475 g/mol. The van der Waals surface area contributed by atoms with E-state index < -0.39 is 6.04 Å². The van der Waals surface area contributed by atoms with Crippen molar-refractivity contribution >= 4 is 35.0 Å². The van der Waals surface area contributed by atoms with E-state index in [0.717, 1.165) is 23.3 Å². The van der Waals surface area contributed by atoms with Crippen molar-refractivity contribution in [1.29, 1.82) is 0 Å². The first-order chi connectivity index (χ1) is 16.3. The predicted molar refractivity (Wildman–Crippen MR) is 135 cm³/mol. The van der Waals surface area contributed by atoms with E-state index in [4.69, 9.17) is 32.7 Å². The second-order valence-electron chi connectivity index (χ2n) is 8.49. The van der Waals surface area contributed by atoms with Crippen LogP contribution < -0.4 is 14.8 Å². The lowest BCUT2D eigenvalue weighted by Crippen LogP contribution is -2.50. The van der Waals surface area contributed by atoms with Gasteiger partial charge in [-0.25, -0.2) is 0 Å². The van der Waals surface area contributed by atoms with Crippen molar-refractivity contribution in [1.82, 2.24) is 10.2 Å². The van der Waals surface area contributed by atoms with Crippen LogP contribution >= 0.6 is 23.2 Å². The zero-order chi connectivity index (χ0) is 24.7. The maximum atomic E-state index is 13.5. The molecule has 0 aromatic heterocycles. The van der Waals surface area contributed by atoms with Crippen LogP contribution in [-0.4, -0.2) is 42.0 Å². The van der Waals surface area contributed by atoms with E-state index in [1.54, 1.807) is 17.0 Å². The number of fused-ring (bicyclic) bond motifs is 1. The lowest BCUT2D eigenvalue weighted by atomic mass is 10.0. The summed E-state index contributed by atoms with van der Waals surface area (Å²) in [5.41, 5.74) is 1.79. The average molecular weight is 507 g/mol. The van der Waals surface area contributed by atoms with Gasteiger partial charge in [-0.05, 0) is 61.6 Å². The van der Waals surface area contributed by atoms with Gasteiger partial charge in [-0.2, -0.15) is 0 Å². The number of amides is 2. The van der Waals surface area contributed by atoms with Gasteiger partial charge in [0.1, 0.15) is 19.3 Å². The fraction of sp³-hybridized carbons (Fsp3) is 0.462. The van der Waals surface area contributed by atoms with Crippen molar-refractivity contribution in [2.75, 3.05) is 13.2 Å². The third-order valence-electron chi connectivity index (χ3n) is 5.96. The minimum absolute atomic E-state index is 0.0289. The second kappa shape index (κ2) is 12.3. The van der Waals surface area contributed by atoms with Crippen LogP contribution in [0.5, 0.6) is 11.5 Å². The summed E-state index contributed by atoms with van der Waals surface area (Å²) in [6, 6.07) is 10.4. The van der Waals surface area contributed by atoms with Gasteiger partial charge in [-0.15, -0.1) is 0 Å². The van der Waals surface area contributed by atoms with Crippen LogP contribution in [-0.2, 0) is 22.6 Å². The van der Waals surface area contributed by atoms with Gasteiger partial charge in [0.2, 0.25) is 11.8 Å². The highest BCUT2D eigenvalue weighted by Crippen LogP contribution is 2.31. The average Bonchev–Trinajstić information content (AvgIpc) is 2.84. The Kier molecular flexibility index (Phi) is 9.48. The van der Waals surface area contributed by atoms with Gasteiger partial charge in [0, 0.05) is 19.0 Å². The summed E-state index contributed by atoms with van der Waals surface area (Å²) in [5.74, 6) is 1.16. The zero-order valence-corrected chi connectivity index (χ0v) is 21.4. The molecule has 1 heterocycles. The summed E-state index contributed by atoms with van der Waals surface area (Å²) in [6.07, 6.45) is 2.09. The van der Waals surface area contributed by atoms with Crippen molar-refractivity contribution in [3.8, 4) is 11.5 Å².